The highest BCUT2D eigenvalue weighted by Crippen LogP contribution is 2.20. The minimum Gasteiger partial charge on any atom is -0.383 e. The third kappa shape index (κ3) is 4.89. The number of methoxy groups -OCH3 is 2. The van der Waals surface area contributed by atoms with Crippen LogP contribution in [0.3, 0.4) is 0 Å². The summed E-state index contributed by atoms with van der Waals surface area (Å²) in [5.74, 6) is -0.616. The highest BCUT2D eigenvalue weighted by molar-refractivity contribution is 7.89. The molecule has 0 amide bonds. The minimum absolute atomic E-state index is 0.00626. The van der Waals surface area contributed by atoms with Crippen LogP contribution in [0.25, 0.3) is 0 Å². The Morgan fingerprint density at radius 3 is 2.24 bits per heavy atom. The van der Waals surface area contributed by atoms with Crippen LogP contribution in [0.1, 0.15) is 5.56 Å². The Labute approximate surface area is 129 Å². The molecule has 0 saturated carbocycles. The van der Waals surface area contributed by atoms with Crippen LogP contribution >= 0.6 is 11.6 Å². The number of rotatable bonds is 9. The lowest BCUT2D eigenvalue weighted by atomic mass is 10.2. The maximum Gasteiger partial charge on any atom is 0.243 e. The number of sulfonamides is 1. The van der Waals surface area contributed by atoms with Crippen LogP contribution in [0.15, 0.2) is 23.1 Å². The predicted octanol–water partition coefficient (Wildman–Crippen LogP) is 1.85. The zero-order valence-electron chi connectivity index (χ0n) is 12.0. The van der Waals surface area contributed by atoms with Gasteiger partial charge in [-0.3, -0.25) is 0 Å². The molecular weight excluding hydrogens is 321 g/mol. The number of nitrogens with zero attached hydrogens (tertiary/aromatic N) is 1. The van der Waals surface area contributed by atoms with Gasteiger partial charge in [-0.25, -0.2) is 12.8 Å². The summed E-state index contributed by atoms with van der Waals surface area (Å²) < 4.78 is 49.7. The smallest absolute Gasteiger partial charge is 0.243 e. The van der Waals surface area contributed by atoms with E-state index in [1.807, 2.05) is 0 Å². The third-order valence-corrected chi connectivity index (χ3v) is 5.07. The predicted molar refractivity (Wildman–Crippen MR) is 78.5 cm³/mol. The standard InChI is InChI=1S/C13H19ClFNO4S/c1-19-7-5-16(6-8-20-2)21(17,18)12-3-4-13(15)11(9-12)10-14/h3-4,9H,5-8,10H2,1-2H3. The molecular formula is C13H19ClFNO4S. The van der Waals surface area contributed by atoms with E-state index < -0.39 is 15.8 Å². The molecule has 0 aliphatic rings. The molecule has 0 saturated heterocycles. The van der Waals surface area contributed by atoms with Crippen molar-refractivity contribution < 1.29 is 22.3 Å². The fourth-order valence-corrected chi connectivity index (χ4v) is 3.37. The summed E-state index contributed by atoms with van der Waals surface area (Å²) in [7, 11) is -0.766. The highest BCUT2D eigenvalue weighted by atomic mass is 35.5. The molecule has 1 aromatic rings. The summed E-state index contributed by atoms with van der Waals surface area (Å²) in [6, 6.07) is 3.59. The van der Waals surface area contributed by atoms with Gasteiger partial charge in [0.1, 0.15) is 5.82 Å². The Balaban J connectivity index is 3.08. The molecule has 0 N–H and O–H groups in total. The lowest BCUT2D eigenvalue weighted by Crippen LogP contribution is -2.36. The zero-order chi connectivity index (χ0) is 15.9. The summed E-state index contributed by atoms with van der Waals surface area (Å²) in [6.45, 7) is 0.893. The van der Waals surface area contributed by atoms with Gasteiger partial charge in [-0.15, -0.1) is 11.6 Å². The Bertz CT molecular complexity index is 545. The maximum atomic E-state index is 13.4. The van der Waals surface area contributed by atoms with E-state index in [1.54, 1.807) is 0 Å². The summed E-state index contributed by atoms with van der Waals surface area (Å²) >= 11 is 5.61. The van der Waals surface area contributed by atoms with Crippen molar-refractivity contribution in [2.24, 2.45) is 0 Å². The molecule has 5 nitrogen and oxygen atoms in total. The molecule has 0 aliphatic heterocycles. The van der Waals surface area contributed by atoms with Gasteiger partial charge in [-0.2, -0.15) is 4.31 Å². The largest absolute Gasteiger partial charge is 0.383 e. The molecule has 0 spiro atoms. The van der Waals surface area contributed by atoms with Gasteiger partial charge in [0.25, 0.3) is 0 Å². The van der Waals surface area contributed by atoms with Crippen LogP contribution in [-0.2, 0) is 25.4 Å². The van der Waals surface area contributed by atoms with Gasteiger partial charge < -0.3 is 9.47 Å². The van der Waals surface area contributed by atoms with Gasteiger partial charge in [0.15, 0.2) is 0 Å². The van der Waals surface area contributed by atoms with Gasteiger partial charge in [-0.1, -0.05) is 0 Å². The summed E-state index contributed by atoms with van der Waals surface area (Å²) in [5, 5.41) is 0. The van der Waals surface area contributed by atoms with E-state index in [9.17, 15) is 12.8 Å². The molecule has 0 unspecified atom stereocenters. The highest BCUT2D eigenvalue weighted by Gasteiger charge is 2.24. The second-order valence-electron chi connectivity index (χ2n) is 4.28. The lowest BCUT2D eigenvalue weighted by molar-refractivity contribution is 0.150. The molecule has 1 aromatic carbocycles. The van der Waals surface area contributed by atoms with E-state index in [-0.39, 0.29) is 42.6 Å². The molecule has 0 heterocycles. The van der Waals surface area contributed by atoms with Crippen LogP contribution in [0.2, 0.25) is 0 Å². The summed E-state index contributed by atoms with van der Waals surface area (Å²) in [5.41, 5.74) is 0.149. The number of hydrogen-bond donors (Lipinski definition) is 0. The number of ether oxygens (including phenoxy) is 2. The van der Waals surface area contributed by atoms with E-state index >= 15 is 0 Å². The van der Waals surface area contributed by atoms with Crippen LogP contribution in [0.4, 0.5) is 4.39 Å². The monoisotopic (exact) mass is 339 g/mol. The van der Waals surface area contributed by atoms with Crippen LogP contribution in [0.5, 0.6) is 0 Å². The van der Waals surface area contributed by atoms with Gasteiger partial charge in [0, 0.05) is 32.9 Å². The topological polar surface area (TPSA) is 55.8 Å². The van der Waals surface area contributed by atoms with E-state index in [0.717, 1.165) is 6.07 Å². The van der Waals surface area contributed by atoms with E-state index in [1.165, 1.54) is 30.7 Å². The van der Waals surface area contributed by atoms with Crippen molar-refractivity contribution in [2.45, 2.75) is 10.8 Å². The molecule has 0 aromatic heterocycles. The Morgan fingerprint density at radius 2 is 1.76 bits per heavy atom. The molecule has 0 bridgehead atoms. The Morgan fingerprint density at radius 1 is 1.19 bits per heavy atom. The zero-order valence-corrected chi connectivity index (χ0v) is 13.6. The fourth-order valence-electron chi connectivity index (χ4n) is 1.70. The maximum absolute atomic E-state index is 13.4. The molecule has 0 fully saturated rings. The van der Waals surface area contributed by atoms with Gasteiger partial charge in [-0.05, 0) is 18.2 Å². The van der Waals surface area contributed by atoms with Crippen molar-refractivity contribution >= 4 is 21.6 Å². The first-order valence-electron chi connectivity index (χ1n) is 6.29. The third-order valence-electron chi connectivity index (χ3n) is 2.89. The van der Waals surface area contributed by atoms with Gasteiger partial charge >= 0.3 is 0 Å². The number of halogens is 2. The quantitative estimate of drug-likeness (QED) is 0.644. The van der Waals surface area contributed by atoms with Crippen molar-refractivity contribution in [2.75, 3.05) is 40.5 Å². The van der Waals surface area contributed by atoms with E-state index in [4.69, 9.17) is 21.1 Å². The van der Waals surface area contributed by atoms with Crippen LogP contribution in [-0.4, -0.2) is 53.2 Å². The molecule has 0 radical (unpaired) electrons. The van der Waals surface area contributed by atoms with Gasteiger partial charge in [0.2, 0.25) is 10.0 Å². The molecule has 0 atom stereocenters. The average Bonchev–Trinajstić information content (AvgIpc) is 2.47. The van der Waals surface area contributed by atoms with Crippen LogP contribution in [0, 0.1) is 5.82 Å². The van der Waals surface area contributed by atoms with Crippen molar-refractivity contribution in [1.82, 2.24) is 4.31 Å². The second-order valence-corrected chi connectivity index (χ2v) is 6.48. The normalized spacial score (nSPS) is 12.0. The Kier molecular flexibility index (Phi) is 7.55. The molecule has 120 valence electrons. The number of hydrogen-bond acceptors (Lipinski definition) is 4. The number of benzene rings is 1. The first kappa shape index (κ1) is 18.3. The van der Waals surface area contributed by atoms with E-state index in [2.05, 4.69) is 0 Å². The summed E-state index contributed by atoms with van der Waals surface area (Å²) in [6.07, 6.45) is 0. The molecule has 0 aliphatic carbocycles. The number of alkyl halides is 1. The second kappa shape index (κ2) is 8.65. The lowest BCUT2D eigenvalue weighted by Gasteiger charge is -2.21. The minimum atomic E-state index is -3.75. The molecule has 1 rings (SSSR count). The summed E-state index contributed by atoms with van der Waals surface area (Å²) in [4.78, 5) is 0.00626. The van der Waals surface area contributed by atoms with Crippen molar-refractivity contribution in [3.05, 3.63) is 29.6 Å². The van der Waals surface area contributed by atoms with E-state index in [0.29, 0.717) is 0 Å². The van der Waals surface area contributed by atoms with Crippen molar-refractivity contribution in [3.63, 3.8) is 0 Å². The van der Waals surface area contributed by atoms with Crippen molar-refractivity contribution in [3.8, 4) is 0 Å². The SMILES string of the molecule is COCCN(CCOC)S(=O)(=O)c1ccc(F)c(CCl)c1. The first-order chi connectivity index (χ1) is 9.97. The van der Waals surface area contributed by atoms with Gasteiger partial charge in [0.05, 0.1) is 24.0 Å². The van der Waals surface area contributed by atoms with Crippen LogP contribution < -0.4 is 0 Å². The first-order valence-corrected chi connectivity index (χ1v) is 8.27. The molecule has 21 heavy (non-hydrogen) atoms. The fraction of sp³-hybridized carbons (Fsp3) is 0.538. The molecule has 8 heteroatoms. The van der Waals surface area contributed by atoms with Crippen molar-refractivity contribution in [1.29, 1.82) is 0 Å². The Hall–Kier alpha value is -0.730. The average molecular weight is 340 g/mol.